The molecule has 2 aromatic rings. The monoisotopic (exact) mass is 383 g/mol. The van der Waals surface area contributed by atoms with Gasteiger partial charge in [0.2, 0.25) is 10.0 Å². The fourth-order valence-corrected chi connectivity index (χ4v) is 4.41. The van der Waals surface area contributed by atoms with E-state index in [1.807, 2.05) is 18.2 Å². The van der Waals surface area contributed by atoms with Crippen LogP contribution < -0.4 is 4.74 Å². The average Bonchev–Trinajstić information content (AvgIpc) is 2.59. The Kier molecular flexibility index (Phi) is 5.55. The molecule has 2 rings (SSSR count). The quantitative estimate of drug-likeness (QED) is 0.765. The molecule has 0 aliphatic rings. The predicted molar refractivity (Wildman–Crippen MR) is 95.9 cm³/mol. The zero-order valence-electron chi connectivity index (χ0n) is 14.5. The van der Waals surface area contributed by atoms with Crippen molar-refractivity contribution in [3.8, 4) is 5.75 Å². The number of nitrogens with zero attached hydrogens (tertiary/aromatic N) is 1. The van der Waals surface area contributed by atoms with E-state index in [4.69, 9.17) is 4.74 Å². The molecule has 0 amide bonds. The maximum Gasteiger partial charge on any atom is 0.243 e. The van der Waals surface area contributed by atoms with Crippen LogP contribution in [0.25, 0.3) is 0 Å². The Balaban J connectivity index is 2.38. The summed E-state index contributed by atoms with van der Waals surface area (Å²) in [4.78, 5) is 0.107. The molecule has 25 heavy (non-hydrogen) atoms. The van der Waals surface area contributed by atoms with E-state index in [0.717, 1.165) is 11.8 Å². The number of rotatable bonds is 6. The van der Waals surface area contributed by atoms with E-state index in [1.165, 1.54) is 42.7 Å². The summed E-state index contributed by atoms with van der Waals surface area (Å²) in [5.41, 5.74) is 0.740. The minimum atomic E-state index is -3.79. The lowest BCUT2D eigenvalue weighted by atomic mass is 10.1. The first-order chi connectivity index (χ1) is 11.6. The summed E-state index contributed by atoms with van der Waals surface area (Å²) in [5.74, 6) is 0.601. The third-order valence-corrected chi connectivity index (χ3v) is 7.13. The second kappa shape index (κ2) is 7.15. The van der Waals surface area contributed by atoms with Crippen molar-refractivity contribution < 1.29 is 21.6 Å². The molecule has 0 N–H and O–H groups in total. The summed E-state index contributed by atoms with van der Waals surface area (Å²) in [6.07, 6.45) is 1.08. The molecule has 0 bridgehead atoms. The van der Waals surface area contributed by atoms with Gasteiger partial charge in [-0.1, -0.05) is 18.2 Å². The molecule has 0 aliphatic heterocycles. The van der Waals surface area contributed by atoms with Crippen LogP contribution in [0.1, 0.15) is 18.5 Å². The molecule has 1 atom stereocenters. The molecule has 0 aromatic heterocycles. The van der Waals surface area contributed by atoms with Gasteiger partial charge in [0.1, 0.15) is 5.75 Å². The van der Waals surface area contributed by atoms with E-state index in [1.54, 1.807) is 13.0 Å². The Morgan fingerprint density at radius 2 is 1.44 bits per heavy atom. The molecule has 0 heterocycles. The van der Waals surface area contributed by atoms with Crippen molar-refractivity contribution in [1.29, 1.82) is 0 Å². The number of benzene rings is 2. The smallest absolute Gasteiger partial charge is 0.243 e. The average molecular weight is 383 g/mol. The Hall–Kier alpha value is -1.90. The predicted octanol–water partition coefficient (Wildman–Crippen LogP) is 2.48. The number of hydrogen-bond donors (Lipinski definition) is 0. The molecule has 0 spiro atoms. The number of ether oxygens (including phenoxy) is 1. The van der Waals surface area contributed by atoms with Crippen molar-refractivity contribution >= 4 is 19.9 Å². The van der Waals surface area contributed by atoms with Crippen LogP contribution in [0.4, 0.5) is 0 Å². The zero-order valence-corrected chi connectivity index (χ0v) is 16.1. The van der Waals surface area contributed by atoms with E-state index in [9.17, 15) is 16.8 Å². The van der Waals surface area contributed by atoms with Gasteiger partial charge in [-0.2, -0.15) is 4.31 Å². The van der Waals surface area contributed by atoms with Gasteiger partial charge in [-0.05, 0) is 37.3 Å². The molecule has 0 aliphatic carbocycles. The highest BCUT2D eigenvalue weighted by Gasteiger charge is 2.28. The van der Waals surface area contributed by atoms with Crippen LogP contribution >= 0.6 is 0 Å². The van der Waals surface area contributed by atoms with Crippen LogP contribution in [-0.4, -0.2) is 41.6 Å². The first-order valence-electron chi connectivity index (χ1n) is 7.50. The van der Waals surface area contributed by atoms with E-state index in [-0.39, 0.29) is 9.79 Å². The van der Waals surface area contributed by atoms with E-state index in [0.29, 0.717) is 5.75 Å². The van der Waals surface area contributed by atoms with Crippen molar-refractivity contribution in [2.24, 2.45) is 0 Å². The number of sulfonamides is 1. The first kappa shape index (κ1) is 19.4. The third kappa shape index (κ3) is 4.02. The SMILES string of the molecule is COc1ccccc1[C@@H](C)N(C)S(=O)(=O)c1ccc(S(C)(=O)=O)cc1. The summed E-state index contributed by atoms with van der Waals surface area (Å²) >= 11 is 0. The molecule has 0 saturated carbocycles. The molecule has 2 aromatic carbocycles. The van der Waals surface area contributed by atoms with Crippen LogP contribution in [0, 0.1) is 0 Å². The molecule has 8 heteroatoms. The van der Waals surface area contributed by atoms with E-state index >= 15 is 0 Å². The molecule has 0 radical (unpaired) electrons. The Morgan fingerprint density at radius 3 is 1.96 bits per heavy atom. The van der Waals surface area contributed by atoms with Gasteiger partial charge in [-0.3, -0.25) is 0 Å². The maximum atomic E-state index is 12.8. The highest BCUT2D eigenvalue weighted by Crippen LogP contribution is 2.31. The largest absolute Gasteiger partial charge is 0.496 e. The molecule has 136 valence electrons. The van der Waals surface area contributed by atoms with Crippen molar-refractivity contribution in [2.45, 2.75) is 22.8 Å². The minimum Gasteiger partial charge on any atom is -0.496 e. The fourth-order valence-electron chi connectivity index (χ4n) is 2.44. The van der Waals surface area contributed by atoms with Gasteiger partial charge in [-0.25, -0.2) is 16.8 Å². The number of methoxy groups -OCH3 is 1. The summed E-state index contributed by atoms with van der Waals surface area (Å²) in [5, 5.41) is 0. The van der Waals surface area contributed by atoms with Crippen LogP contribution in [0.15, 0.2) is 58.3 Å². The van der Waals surface area contributed by atoms with Gasteiger partial charge in [-0.15, -0.1) is 0 Å². The van der Waals surface area contributed by atoms with Crippen LogP contribution in [0.5, 0.6) is 5.75 Å². The second-order valence-electron chi connectivity index (χ2n) is 5.68. The van der Waals surface area contributed by atoms with Gasteiger partial charge < -0.3 is 4.74 Å². The number of sulfone groups is 1. The highest BCUT2D eigenvalue weighted by atomic mass is 32.2. The van der Waals surface area contributed by atoms with Gasteiger partial charge in [0.05, 0.1) is 22.9 Å². The fraction of sp³-hybridized carbons (Fsp3) is 0.294. The Bertz CT molecular complexity index is 951. The molecule has 0 unspecified atom stereocenters. The Labute approximate surface area is 149 Å². The van der Waals surface area contributed by atoms with Crippen molar-refractivity contribution in [3.05, 3.63) is 54.1 Å². The topological polar surface area (TPSA) is 80.8 Å². The van der Waals surface area contributed by atoms with Gasteiger partial charge in [0, 0.05) is 18.9 Å². The summed E-state index contributed by atoms with van der Waals surface area (Å²) in [6.45, 7) is 1.76. The van der Waals surface area contributed by atoms with Crippen molar-refractivity contribution in [2.75, 3.05) is 20.4 Å². The van der Waals surface area contributed by atoms with Gasteiger partial charge >= 0.3 is 0 Å². The van der Waals surface area contributed by atoms with E-state index < -0.39 is 25.9 Å². The third-order valence-electron chi connectivity index (χ3n) is 4.06. The Morgan fingerprint density at radius 1 is 0.920 bits per heavy atom. The first-order valence-corrected chi connectivity index (χ1v) is 10.8. The summed E-state index contributed by atoms with van der Waals surface area (Å²) in [7, 11) is -4.15. The van der Waals surface area contributed by atoms with Crippen molar-refractivity contribution in [1.82, 2.24) is 4.31 Å². The minimum absolute atomic E-state index is 0.0316. The molecular weight excluding hydrogens is 362 g/mol. The van der Waals surface area contributed by atoms with Crippen LogP contribution in [0.2, 0.25) is 0 Å². The normalized spacial score (nSPS) is 13.6. The van der Waals surface area contributed by atoms with Gasteiger partial charge in [0.15, 0.2) is 9.84 Å². The summed E-state index contributed by atoms with van der Waals surface area (Å²) in [6, 6.07) is 11.9. The summed E-state index contributed by atoms with van der Waals surface area (Å²) < 4.78 is 55.3. The van der Waals surface area contributed by atoms with Gasteiger partial charge in [0.25, 0.3) is 0 Å². The number of hydrogen-bond acceptors (Lipinski definition) is 5. The van der Waals surface area contributed by atoms with E-state index in [2.05, 4.69) is 0 Å². The maximum absolute atomic E-state index is 12.8. The van der Waals surface area contributed by atoms with Crippen molar-refractivity contribution in [3.63, 3.8) is 0 Å². The lowest BCUT2D eigenvalue weighted by Crippen LogP contribution is -2.30. The molecule has 0 fully saturated rings. The molecule has 6 nitrogen and oxygen atoms in total. The lowest BCUT2D eigenvalue weighted by Gasteiger charge is -2.26. The van der Waals surface area contributed by atoms with Crippen LogP contribution in [0.3, 0.4) is 0 Å². The second-order valence-corrected chi connectivity index (χ2v) is 9.70. The zero-order chi connectivity index (χ0) is 18.8. The standard InChI is InChI=1S/C17H21NO5S2/c1-13(16-7-5-6-8-17(16)23-3)18(2)25(21,22)15-11-9-14(10-12-15)24(4,19)20/h5-13H,1-4H3/t13-/m1/s1. The van der Waals surface area contributed by atoms with Crippen LogP contribution in [-0.2, 0) is 19.9 Å². The molecular formula is C17H21NO5S2. The highest BCUT2D eigenvalue weighted by molar-refractivity contribution is 7.90. The number of para-hydroxylation sites is 1. The molecule has 0 saturated heterocycles. The lowest BCUT2D eigenvalue weighted by molar-refractivity contribution is 0.367.